The Hall–Kier alpha value is -1.47. The standard InChI is InChI=1S/C19H21ClO/c1-19(2,3)18-11-7-15-12-14(6-10-17(15)21-18)13-4-8-16(20)9-5-13/h4-6,8-10,12,18H,7,11H2,1-3H3. The smallest absolute Gasteiger partial charge is 0.122 e. The summed E-state index contributed by atoms with van der Waals surface area (Å²) in [4.78, 5) is 0. The van der Waals surface area contributed by atoms with Gasteiger partial charge in [-0.25, -0.2) is 0 Å². The average molecular weight is 301 g/mol. The molecule has 0 aliphatic carbocycles. The minimum atomic E-state index is 0.187. The summed E-state index contributed by atoms with van der Waals surface area (Å²) >= 11 is 5.95. The number of benzene rings is 2. The van der Waals surface area contributed by atoms with Crippen LogP contribution in [-0.4, -0.2) is 6.10 Å². The third-order valence-electron chi connectivity index (χ3n) is 4.15. The third-order valence-corrected chi connectivity index (χ3v) is 4.40. The lowest BCUT2D eigenvalue weighted by Gasteiger charge is -2.35. The van der Waals surface area contributed by atoms with E-state index in [-0.39, 0.29) is 5.41 Å². The number of halogens is 1. The molecule has 1 aliphatic rings. The quantitative estimate of drug-likeness (QED) is 0.652. The highest BCUT2D eigenvalue weighted by Crippen LogP contribution is 2.37. The molecule has 3 rings (SSSR count). The normalized spacial score (nSPS) is 18.0. The second kappa shape index (κ2) is 5.38. The molecule has 0 saturated heterocycles. The zero-order valence-electron chi connectivity index (χ0n) is 12.8. The van der Waals surface area contributed by atoms with Crippen molar-refractivity contribution in [3.63, 3.8) is 0 Å². The van der Waals surface area contributed by atoms with Crippen LogP contribution in [0.1, 0.15) is 32.8 Å². The van der Waals surface area contributed by atoms with Crippen LogP contribution < -0.4 is 4.74 Å². The van der Waals surface area contributed by atoms with E-state index in [9.17, 15) is 0 Å². The zero-order valence-corrected chi connectivity index (χ0v) is 13.6. The first-order valence-corrected chi connectivity index (χ1v) is 7.87. The number of hydrogen-bond acceptors (Lipinski definition) is 1. The molecule has 1 unspecified atom stereocenters. The van der Waals surface area contributed by atoms with Gasteiger partial charge in [0, 0.05) is 5.02 Å². The van der Waals surface area contributed by atoms with E-state index in [4.69, 9.17) is 16.3 Å². The fourth-order valence-corrected chi connectivity index (χ4v) is 2.95. The Labute approximate surface area is 131 Å². The van der Waals surface area contributed by atoms with Crippen LogP contribution in [0, 0.1) is 5.41 Å². The molecule has 21 heavy (non-hydrogen) atoms. The summed E-state index contributed by atoms with van der Waals surface area (Å²) in [6.07, 6.45) is 2.46. The summed E-state index contributed by atoms with van der Waals surface area (Å²) < 4.78 is 6.19. The predicted octanol–water partition coefficient (Wildman–Crippen LogP) is 5.75. The van der Waals surface area contributed by atoms with Crippen LogP contribution in [0.2, 0.25) is 5.02 Å². The number of hydrogen-bond donors (Lipinski definition) is 0. The molecular weight excluding hydrogens is 280 g/mol. The van der Waals surface area contributed by atoms with Gasteiger partial charge in [-0.3, -0.25) is 0 Å². The second-order valence-electron chi connectivity index (χ2n) is 6.84. The van der Waals surface area contributed by atoms with Crippen LogP contribution in [-0.2, 0) is 6.42 Å². The Morgan fingerprint density at radius 3 is 2.33 bits per heavy atom. The van der Waals surface area contributed by atoms with Crippen molar-refractivity contribution >= 4 is 11.6 Å². The van der Waals surface area contributed by atoms with Gasteiger partial charge in [-0.15, -0.1) is 0 Å². The van der Waals surface area contributed by atoms with E-state index in [0.717, 1.165) is 23.6 Å². The summed E-state index contributed by atoms with van der Waals surface area (Å²) in [6.45, 7) is 6.72. The molecule has 0 spiro atoms. The average Bonchev–Trinajstić information content (AvgIpc) is 2.46. The van der Waals surface area contributed by atoms with E-state index in [0.29, 0.717) is 6.10 Å². The van der Waals surface area contributed by atoms with Crippen LogP contribution >= 0.6 is 11.6 Å². The lowest BCUT2D eigenvalue weighted by atomic mass is 9.83. The molecule has 1 nitrogen and oxygen atoms in total. The largest absolute Gasteiger partial charge is 0.490 e. The highest BCUT2D eigenvalue weighted by molar-refractivity contribution is 6.30. The second-order valence-corrected chi connectivity index (χ2v) is 7.28. The van der Waals surface area contributed by atoms with Crippen LogP contribution in [0.4, 0.5) is 0 Å². The van der Waals surface area contributed by atoms with Gasteiger partial charge in [0.05, 0.1) is 0 Å². The fourth-order valence-electron chi connectivity index (χ4n) is 2.82. The zero-order chi connectivity index (χ0) is 15.0. The molecule has 1 atom stereocenters. The van der Waals surface area contributed by atoms with E-state index in [1.807, 2.05) is 12.1 Å². The molecule has 110 valence electrons. The highest BCUT2D eigenvalue weighted by Gasteiger charge is 2.30. The van der Waals surface area contributed by atoms with Gasteiger partial charge in [-0.05, 0) is 59.2 Å². The van der Waals surface area contributed by atoms with E-state index < -0.39 is 0 Å². The van der Waals surface area contributed by atoms with E-state index in [1.165, 1.54) is 16.7 Å². The minimum Gasteiger partial charge on any atom is -0.490 e. The van der Waals surface area contributed by atoms with Crippen LogP contribution in [0.3, 0.4) is 0 Å². The SMILES string of the molecule is CC(C)(C)C1CCc2cc(-c3ccc(Cl)cc3)ccc2O1. The van der Waals surface area contributed by atoms with E-state index in [1.54, 1.807) is 0 Å². The van der Waals surface area contributed by atoms with Gasteiger partial charge >= 0.3 is 0 Å². The Bertz CT molecular complexity index is 638. The summed E-state index contributed by atoms with van der Waals surface area (Å²) in [7, 11) is 0. The number of fused-ring (bicyclic) bond motifs is 1. The number of rotatable bonds is 1. The molecular formula is C19H21ClO. The molecule has 0 saturated carbocycles. The maximum atomic E-state index is 6.19. The minimum absolute atomic E-state index is 0.187. The van der Waals surface area contributed by atoms with Crippen molar-refractivity contribution in [3.05, 3.63) is 53.1 Å². The molecule has 1 aliphatic heterocycles. The van der Waals surface area contributed by atoms with Crippen molar-refractivity contribution in [1.29, 1.82) is 0 Å². The Morgan fingerprint density at radius 1 is 1.00 bits per heavy atom. The first-order chi connectivity index (χ1) is 9.93. The first-order valence-electron chi connectivity index (χ1n) is 7.49. The first kappa shape index (κ1) is 14.5. The van der Waals surface area contributed by atoms with E-state index in [2.05, 4.69) is 51.1 Å². The summed E-state index contributed by atoms with van der Waals surface area (Å²) in [5.41, 5.74) is 3.92. The Kier molecular flexibility index (Phi) is 3.71. The van der Waals surface area contributed by atoms with Crippen molar-refractivity contribution in [2.75, 3.05) is 0 Å². The molecule has 2 aromatic carbocycles. The molecule has 0 aromatic heterocycles. The monoisotopic (exact) mass is 300 g/mol. The maximum absolute atomic E-state index is 6.19. The molecule has 0 bridgehead atoms. The third kappa shape index (κ3) is 3.08. The molecule has 0 amide bonds. The van der Waals surface area contributed by atoms with Crippen LogP contribution in [0.5, 0.6) is 5.75 Å². The number of ether oxygens (including phenoxy) is 1. The van der Waals surface area contributed by atoms with Gasteiger partial charge in [-0.2, -0.15) is 0 Å². The summed E-state index contributed by atoms with van der Waals surface area (Å²) in [5, 5.41) is 0.771. The summed E-state index contributed by atoms with van der Waals surface area (Å²) in [5.74, 6) is 1.04. The van der Waals surface area contributed by atoms with Gasteiger partial charge < -0.3 is 4.74 Å². The van der Waals surface area contributed by atoms with Crippen molar-refractivity contribution < 1.29 is 4.74 Å². The molecule has 1 heterocycles. The van der Waals surface area contributed by atoms with Crippen molar-refractivity contribution in [3.8, 4) is 16.9 Å². The van der Waals surface area contributed by atoms with Gasteiger partial charge in [0.25, 0.3) is 0 Å². The highest BCUT2D eigenvalue weighted by atomic mass is 35.5. The van der Waals surface area contributed by atoms with Crippen molar-refractivity contribution in [1.82, 2.24) is 0 Å². The molecule has 0 fully saturated rings. The summed E-state index contributed by atoms with van der Waals surface area (Å²) in [6, 6.07) is 14.5. The maximum Gasteiger partial charge on any atom is 0.122 e. The Morgan fingerprint density at radius 2 is 1.67 bits per heavy atom. The molecule has 0 N–H and O–H groups in total. The van der Waals surface area contributed by atoms with Gasteiger partial charge in [0.15, 0.2) is 0 Å². The van der Waals surface area contributed by atoms with Crippen LogP contribution in [0.25, 0.3) is 11.1 Å². The number of aryl methyl sites for hydroxylation is 1. The topological polar surface area (TPSA) is 9.23 Å². The molecule has 2 heteroatoms. The van der Waals surface area contributed by atoms with Crippen molar-refractivity contribution in [2.45, 2.75) is 39.7 Å². The van der Waals surface area contributed by atoms with Gasteiger partial charge in [0.2, 0.25) is 0 Å². The van der Waals surface area contributed by atoms with Gasteiger partial charge in [-0.1, -0.05) is 50.6 Å². The lowest BCUT2D eigenvalue weighted by molar-refractivity contribution is 0.0675. The van der Waals surface area contributed by atoms with E-state index >= 15 is 0 Å². The fraction of sp³-hybridized carbons (Fsp3) is 0.368. The van der Waals surface area contributed by atoms with Crippen LogP contribution in [0.15, 0.2) is 42.5 Å². The molecule has 0 radical (unpaired) electrons. The lowest BCUT2D eigenvalue weighted by Crippen LogP contribution is -2.35. The molecule has 2 aromatic rings. The van der Waals surface area contributed by atoms with Gasteiger partial charge in [0.1, 0.15) is 11.9 Å². The Balaban J connectivity index is 1.88. The predicted molar refractivity (Wildman–Crippen MR) is 89.1 cm³/mol. The van der Waals surface area contributed by atoms with Crippen molar-refractivity contribution in [2.24, 2.45) is 5.41 Å².